The molecule has 1 aromatic carbocycles. The van der Waals surface area contributed by atoms with Crippen molar-refractivity contribution in [3.63, 3.8) is 0 Å². The molecule has 0 bridgehead atoms. The maximum Gasteiger partial charge on any atom is 0.248 e. The van der Waals surface area contributed by atoms with E-state index in [2.05, 4.69) is 51.3 Å². The van der Waals surface area contributed by atoms with Crippen molar-refractivity contribution in [1.29, 1.82) is 0 Å². The standard InChI is InChI=1S/C19H23N7O/c1-13-11-25(12-14(2)27-13)16-8-6-15(7-9-16)22-19-23-18(20)26(24-19)17-5-3-4-10-21-17/h3-10,13-14H,11-12H2,1-2H3,(H3,20,22,23,24). The van der Waals surface area contributed by atoms with E-state index in [0.29, 0.717) is 11.8 Å². The second kappa shape index (κ2) is 7.24. The highest BCUT2D eigenvalue weighted by Crippen LogP contribution is 2.24. The Morgan fingerprint density at radius 3 is 2.48 bits per heavy atom. The van der Waals surface area contributed by atoms with Crippen LogP contribution in [0.5, 0.6) is 0 Å². The molecule has 0 spiro atoms. The van der Waals surface area contributed by atoms with E-state index < -0.39 is 0 Å². The summed E-state index contributed by atoms with van der Waals surface area (Å²) in [6.07, 6.45) is 2.15. The van der Waals surface area contributed by atoms with Crippen molar-refractivity contribution in [3.05, 3.63) is 48.7 Å². The lowest BCUT2D eigenvalue weighted by Gasteiger charge is -2.36. The number of nitrogens with two attached hydrogens (primary N) is 1. The summed E-state index contributed by atoms with van der Waals surface area (Å²) in [4.78, 5) is 10.9. The molecule has 27 heavy (non-hydrogen) atoms. The Morgan fingerprint density at radius 1 is 1.07 bits per heavy atom. The van der Waals surface area contributed by atoms with Crippen LogP contribution in [0.25, 0.3) is 5.82 Å². The number of benzene rings is 1. The highest BCUT2D eigenvalue weighted by Gasteiger charge is 2.22. The second-order valence-electron chi connectivity index (χ2n) is 6.73. The van der Waals surface area contributed by atoms with Crippen LogP contribution in [0.2, 0.25) is 0 Å². The first-order chi connectivity index (χ1) is 13.1. The third kappa shape index (κ3) is 3.85. The smallest absolute Gasteiger partial charge is 0.248 e. The van der Waals surface area contributed by atoms with Crippen LogP contribution in [0.15, 0.2) is 48.7 Å². The fourth-order valence-corrected chi connectivity index (χ4v) is 3.30. The predicted octanol–water partition coefficient (Wildman–Crippen LogP) is 2.60. The molecule has 0 saturated carbocycles. The van der Waals surface area contributed by atoms with Crippen molar-refractivity contribution >= 4 is 23.3 Å². The maximum absolute atomic E-state index is 5.97. The van der Waals surface area contributed by atoms with Gasteiger partial charge in [0.2, 0.25) is 11.9 Å². The minimum atomic E-state index is 0.231. The number of ether oxygens (including phenoxy) is 1. The summed E-state index contributed by atoms with van der Waals surface area (Å²) in [6.45, 7) is 5.99. The number of aromatic nitrogens is 4. The zero-order valence-electron chi connectivity index (χ0n) is 15.4. The molecular weight excluding hydrogens is 342 g/mol. The van der Waals surface area contributed by atoms with Crippen LogP contribution in [0.1, 0.15) is 13.8 Å². The molecule has 0 amide bonds. The zero-order chi connectivity index (χ0) is 18.8. The molecule has 1 aliphatic heterocycles. The predicted molar refractivity (Wildman–Crippen MR) is 106 cm³/mol. The summed E-state index contributed by atoms with van der Waals surface area (Å²) in [7, 11) is 0. The average molecular weight is 365 g/mol. The van der Waals surface area contributed by atoms with E-state index in [1.807, 2.05) is 30.3 Å². The Bertz CT molecular complexity index is 884. The van der Waals surface area contributed by atoms with Crippen LogP contribution in [0.4, 0.5) is 23.3 Å². The first-order valence-corrected chi connectivity index (χ1v) is 9.00. The number of anilines is 4. The molecule has 140 valence electrons. The molecule has 8 nitrogen and oxygen atoms in total. The van der Waals surface area contributed by atoms with Crippen molar-refractivity contribution in [2.45, 2.75) is 26.1 Å². The highest BCUT2D eigenvalue weighted by molar-refractivity contribution is 5.60. The second-order valence-corrected chi connectivity index (χ2v) is 6.73. The van der Waals surface area contributed by atoms with Crippen LogP contribution in [-0.2, 0) is 4.74 Å². The molecule has 1 saturated heterocycles. The Kier molecular flexibility index (Phi) is 4.64. The lowest BCUT2D eigenvalue weighted by atomic mass is 10.2. The maximum atomic E-state index is 5.97. The monoisotopic (exact) mass is 365 g/mol. The quantitative estimate of drug-likeness (QED) is 0.734. The van der Waals surface area contributed by atoms with E-state index in [4.69, 9.17) is 10.5 Å². The summed E-state index contributed by atoms with van der Waals surface area (Å²) in [5.41, 5.74) is 8.04. The van der Waals surface area contributed by atoms with Gasteiger partial charge in [0.25, 0.3) is 0 Å². The van der Waals surface area contributed by atoms with Crippen LogP contribution in [-0.4, -0.2) is 45.0 Å². The van der Waals surface area contributed by atoms with Crippen molar-refractivity contribution < 1.29 is 4.74 Å². The van der Waals surface area contributed by atoms with E-state index in [1.165, 1.54) is 10.4 Å². The van der Waals surface area contributed by atoms with Gasteiger partial charge in [-0.1, -0.05) is 6.07 Å². The van der Waals surface area contributed by atoms with Gasteiger partial charge in [-0.2, -0.15) is 9.67 Å². The SMILES string of the molecule is CC1CN(c2ccc(Nc3nc(N)n(-c4ccccn4)n3)cc2)CC(C)O1. The fraction of sp³-hybridized carbons (Fsp3) is 0.316. The number of pyridine rings is 1. The van der Waals surface area contributed by atoms with Crippen LogP contribution in [0.3, 0.4) is 0 Å². The molecule has 3 aromatic rings. The van der Waals surface area contributed by atoms with Gasteiger partial charge in [0, 0.05) is 30.7 Å². The minimum Gasteiger partial charge on any atom is -0.372 e. The van der Waals surface area contributed by atoms with E-state index in [9.17, 15) is 0 Å². The number of rotatable bonds is 4. The minimum absolute atomic E-state index is 0.231. The van der Waals surface area contributed by atoms with Crippen molar-refractivity contribution in [1.82, 2.24) is 19.7 Å². The lowest BCUT2D eigenvalue weighted by molar-refractivity contribution is -0.00521. The molecule has 2 atom stereocenters. The Balaban J connectivity index is 1.48. The fourth-order valence-electron chi connectivity index (χ4n) is 3.30. The number of hydrogen-bond acceptors (Lipinski definition) is 7. The Hall–Kier alpha value is -3.13. The molecule has 2 aromatic heterocycles. The average Bonchev–Trinajstić information content (AvgIpc) is 3.02. The van der Waals surface area contributed by atoms with Crippen LogP contribution in [0, 0.1) is 0 Å². The number of hydrogen-bond donors (Lipinski definition) is 2. The molecule has 4 rings (SSSR count). The van der Waals surface area contributed by atoms with E-state index in [-0.39, 0.29) is 18.2 Å². The molecule has 8 heteroatoms. The van der Waals surface area contributed by atoms with Gasteiger partial charge in [-0.25, -0.2) is 4.98 Å². The zero-order valence-corrected chi connectivity index (χ0v) is 15.4. The largest absolute Gasteiger partial charge is 0.372 e. The number of morpholine rings is 1. The molecule has 3 heterocycles. The van der Waals surface area contributed by atoms with Crippen molar-refractivity contribution in [2.24, 2.45) is 0 Å². The van der Waals surface area contributed by atoms with E-state index in [0.717, 1.165) is 18.8 Å². The van der Waals surface area contributed by atoms with Gasteiger partial charge in [0.1, 0.15) is 0 Å². The van der Waals surface area contributed by atoms with E-state index >= 15 is 0 Å². The van der Waals surface area contributed by atoms with Crippen LogP contribution >= 0.6 is 0 Å². The normalized spacial score (nSPS) is 19.9. The van der Waals surface area contributed by atoms with Gasteiger partial charge in [0.15, 0.2) is 5.82 Å². The van der Waals surface area contributed by atoms with Gasteiger partial charge < -0.3 is 20.7 Å². The third-order valence-electron chi connectivity index (χ3n) is 4.41. The molecule has 3 N–H and O–H groups in total. The Labute approximate surface area is 158 Å². The van der Waals surface area contributed by atoms with Gasteiger partial charge >= 0.3 is 0 Å². The van der Waals surface area contributed by atoms with Crippen LogP contribution < -0.4 is 16.0 Å². The molecule has 0 radical (unpaired) electrons. The van der Waals surface area contributed by atoms with E-state index in [1.54, 1.807) is 6.20 Å². The topological polar surface area (TPSA) is 94.1 Å². The van der Waals surface area contributed by atoms with Gasteiger partial charge in [-0.05, 0) is 50.2 Å². The van der Waals surface area contributed by atoms with Crippen molar-refractivity contribution in [3.8, 4) is 5.82 Å². The Morgan fingerprint density at radius 2 is 1.81 bits per heavy atom. The molecule has 0 aliphatic carbocycles. The number of nitrogens with one attached hydrogen (secondary N) is 1. The first kappa shape index (κ1) is 17.3. The molecule has 1 fully saturated rings. The van der Waals surface area contributed by atoms with Gasteiger partial charge in [0.05, 0.1) is 12.2 Å². The lowest BCUT2D eigenvalue weighted by Crippen LogP contribution is -2.45. The third-order valence-corrected chi connectivity index (χ3v) is 4.41. The first-order valence-electron chi connectivity index (χ1n) is 9.00. The molecule has 1 aliphatic rings. The number of nitrogen functional groups attached to an aromatic ring is 1. The summed E-state index contributed by atoms with van der Waals surface area (Å²) in [5.74, 6) is 1.34. The van der Waals surface area contributed by atoms with Gasteiger partial charge in [-0.3, -0.25) is 0 Å². The highest BCUT2D eigenvalue weighted by atomic mass is 16.5. The summed E-state index contributed by atoms with van der Waals surface area (Å²) in [5, 5.41) is 7.58. The van der Waals surface area contributed by atoms with Gasteiger partial charge in [-0.15, -0.1) is 5.10 Å². The van der Waals surface area contributed by atoms with Crippen molar-refractivity contribution in [2.75, 3.05) is 29.0 Å². The molecule has 2 unspecified atom stereocenters. The summed E-state index contributed by atoms with van der Waals surface area (Å²) in [6, 6.07) is 13.7. The molecular formula is C19H23N7O. The summed E-state index contributed by atoms with van der Waals surface area (Å²) < 4.78 is 7.31. The number of nitrogens with zero attached hydrogens (tertiary/aromatic N) is 5. The summed E-state index contributed by atoms with van der Waals surface area (Å²) >= 11 is 0.